The lowest BCUT2D eigenvalue weighted by atomic mass is 10.0. The minimum Gasteiger partial charge on any atom is -0.481 e. The quantitative estimate of drug-likeness (QED) is 0.688. The number of nitrogens with zero attached hydrogens (tertiary/aromatic N) is 2. The molecule has 0 unspecified atom stereocenters. The molecule has 1 rings (SSSR count). The topological polar surface area (TPSA) is 108 Å². The average Bonchev–Trinajstić information content (AvgIpc) is 2.62. The Morgan fingerprint density at radius 1 is 1.47 bits per heavy atom. The van der Waals surface area contributed by atoms with Gasteiger partial charge in [-0.25, -0.2) is 4.98 Å². The number of carbonyl (C=O) groups excluding carboxylic acids is 1. The van der Waals surface area contributed by atoms with Gasteiger partial charge in [0.15, 0.2) is 0 Å². The van der Waals surface area contributed by atoms with Gasteiger partial charge in [-0.3, -0.25) is 14.7 Å². The normalized spacial score (nSPS) is 11.2. The summed E-state index contributed by atoms with van der Waals surface area (Å²) in [5.41, 5.74) is -0.837. The van der Waals surface area contributed by atoms with E-state index >= 15 is 0 Å². The van der Waals surface area contributed by atoms with E-state index in [9.17, 15) is 9.59 Å². The molecule has 1 aromatic rings. The van der Waals surface area contributed by atoms with E-state index in [1.807, 2.05) is 6.92 Å². The van der Waals surface area contributed by atoms with Gasteiger partial charge in [-0.05, 0) is 13.8 Å². The van der Waals surface area contributed by atoms with Gasteiger partial charge < -0.3 is 10.4 Å². The van der Waals surface area contributed by atoms with E-state index in [0.29, 0.717) is 12.2 Å². The van der Waals surface area contributed by atoms with Crippen LogP contribution in [-0.2, 0) is 11.2 Å². The molecule has 0 aromatic carbocycles. The van der Waals surface area contributed by atoms with Crippen LogP contribution in [0.5, 0.6) is 0 Å². The number of hydrogen-bond donors (Lipinski definition) is 3. The number of hydrogen-bond acceptors (Lipinski definition) is 4. The molecule has 0 atom stereocenters. The van der Waals surface area contributed by atoms with E-state index in [-0.39, 0.29) is 12.2 Å². The molecule has 0 radical (unpaired) electrons. The van der Waals surface area contributed by atoms with Crippen LogP contribution in [0.15, 0.2) is 0 Å². The van der Waals surface area contributed by atoms with Crippen molar-refractivity contribution in [1.29, 1.82) is 0 Å². The molecule has 0 spiro atoms. The first-order valence-corrected chi connectivity index (χ1v) is 5.29. The maximum absolute atomic E-state index is 11.7. The average molecular weight is 240 g/mol. The van der Waals surface area contributed by atoms with Crippen molar-refractivity contribution in [1.82, 2.24) is 20.5 Å². The van der Waals surface area contributed by atoms with Crippen molar-refractivity contribution in [3.05, 3.63) is 11.6 Å². The van der Waals surface area contributed by atoms with Crippen LogP contribution in [0.3, 0.4) is 0 Å². The van der Waals surface area contributed by atoms with E-state index in [2.05, 4.69) is 20.5 Å². The largest absolute Gasteiger partial charge is 0.481 e. The Hall–Kier alpha value is -1.92. The lowest BCUT2D eigenvalue weighted by Gasteiger charge is -2.23. The van der Waals surface area contributed by atoms with Crippen molar-refractivity contribution in [2.24, 2.45) is 0 Å². The summed E-state index contributed by atoms with van der Waals surface area (Å²) in [5, 5.41) is 17.6. The van der Waals surface area contributed by atoms with Gasteiger partial charge in [0, 0.05) is 12.0 Å². The first kappa shape index (κ1) is 13.1. The maximum atomic E-state index is 11.7. The van der Waals surface area contributed by atoms with Crippen molar-refractivity contribution in [2.75, 3.05) is 0 Å². The van der Waals surface area contributed by atoms with Gasteiger partial charge in [-0.2, -0.15) is 0 Å². The van der Waals surface area contributed by atoms with Crippen molar-refractivity contribution in [3.8, 4) is 0 Å². The highest BCUT2D eigenvalue weighted by Crippen LogP contribution is 2.09. The maximum Gasteiger partial charge on any atom is 0.305 e. The number of H-pyrrole nitrogens is 1. The highest BCUT2D eigenvalue weighted by molar-refractivity contribution is 5.91. The minimum absolute atomic E-state index is 0.0281. The smallest absolute Gasteiger partial charge is 0.305 e. The summed E-state index contributed by atoms with van der Waals surface area (Å²) in [7, 11) is 0. The molecule has 0 fully saturated rings. The second-order valence-electron chi connectivity index (χ2n) is 4.37. The second kappa shape index (κ2) is 4.94. The van der Waals surface area contributed by atoms with Crippen LogP contribution < -0.4 is 5.32 Å². The Morgan fingerprint density at radius 2 is 2.12 bits per heavy atom. The van der Waals surface area contributed by atoms with Crippen LogP contribution in [0.4, 0.5) is 0 Å². The van der Waals surface area contributed by atoms with Crippen molar-refractivity contribution >= 4 is 11.9 Å². The monoisotopic (exact) mass is 240 g/mol. The highest BCUT2D eigenvalue weighted by Gasteiger charge is 2.25. The van der Waals surface area contributed by atoms with Gasteiger partial charge >= 0.3 is 5.97 Å². The number of nitrogens with one attached hydrogen (secondary N) is 2. The highest BCUT2D eigenvalue weighted by atomic mass is 16.4. The van der Waals surface area contributed by atoms with Crippen LogP contribution >= 0.6 is 0 Å². The molecular weight excluding hydrogens is 224 g/mol. The fourth-order valence-corrected chi connectivity index (χ4v) is 1.34. The van der Waals surface area contributed by atoms with E-state index in [1.54, 1.807) is 13.8 Å². The Kier molecular flexibility index (Phi) is 3.82. The van der Waals surface area contributed by atoms with E-state index in [1.165, 1.54) is 0 Å². The van der Waals surface area contributed by atoms with E-state index in [4.69, 9.17) is 5.11 Å². The van der Waals surface area contributed by atoms with Gasteiger partial charge in [0.05, 0.1) is 6.42 Å². The summed E-state index contributed by atoms with van der Waals surface area (Å²) < 4.78 is 0. The molecule has 0 bridgehead atoms. The molecule has 3 N–H and O–H groups in total. The zero-order valence-electron chi connectivity index (χ0n) is 10.1. The standard InChI is InChI=1S/C10H16N4O3/c1-4-6-11-8(14-13-6)9(17)12-10(2,3)5-7(15)16/h4-5H2,1-3H3,(H,12,17)(H,15,16)(H,11,13,14). The Labute approximate surface area is 98.6 Å². The predicted molar refractivity (Wildman–Crippen MR) is 59.6 cm³/mol. The minimum atomic E-state index is -0.973. The van der Waals surface area contributed by atoms with Gasteiger partial charge in [-0.15, -0.1) is 5.10 Å². The zero-order chi connectivity index (χ0) is 13.1. The zero-order valence-corrected chi connectivity index (χ0v) is 10.1. The third kappa shape index (κ3) is 3.86. The molecule has 0 aliphatic heterocycles. The number of rotatable bonds is 5. The number of aromatic amines is 1. The predicted octanol–water partition coefficient (Wildman–Crippen LogP) is 0.350. The van der Waals surface area contributed by atoms with Gasteiger partial charge in [0.25, 0.3) is 5.91 Å². The summed E-state index contributed by atoms with van der Waals surface area (Å²) in [4.78, 5) is 26.3. The first-order chi connectivity index (χ1) is 7.84. The number of carbonyl (C=O) groups is 2. The molecule has 0 saturated carbocycles. The van der Waals surface area contributed by atoms with Crippen LogP contribution in [0.2, 0.25) is 0 Å². The second-order valence-corrected chi connectivity index (χ2v) is 4.37. The summed E-state index contributed by atoms with van der Waals surface area (Å²) in [6.07, 6.45) is 0.489. The number of aromatic nitrogens is 3. The fourth-order valence-electron chi connectivity index (χ4n) is 1.34. The number of carboxylic acid groups (broad SMARTS) is 1. The number of carboxylic acids is 1. The summed E-state index contributed by atoms with van der Waals surface area (Å²) in [5.74, 6) is -0.807. The SMILES string of the molecule is CCc1nc(C(=O)NC(C)(C)CC(=O)O)n[nH]1. The number of amides is 1. The third-order valence-corrected chi connectivity index (χ3v) is 2.11. The lowest BCUT2D eigenvalue weighted by molar-refractivity contribution is -0.138. The number of aliphatic carboxylic acids is 1. The van der Waals surface area contributed by atoms with Crippen molar-refractivity contribution < 1.29 is 14.7 Å². The Morgan fingerprint density at radius 3 is 2.59 bits per heavy atom. The summed E-state index contributed by atoms with van der Waals surface area (Å²) >= 11 is 0. The molecule has 1 aromatic heterocycles. The third-order valence-electron chi connectivity index (χ3n) is 2.11. The fraction of sp³-hybridized carbons (Fsp3) is 0.600. The Balaban J connectivity index is 2.68. The summed E-state index contributed by atoms with van der Waals surface area (Å²) in [6.45, 7) is 5.15. The van der Waals surface area contributed by atoms with E-state index < -0.39 is 17.4 Å². The summed E-state index contributed by atoms with van der Waals surface area (Å²) in [6, 6.07) is 0. The molecular formula is C10H16N4O3. The molecule has 7 nitrogen and oxygen atoms in total. The first-order valence-electron chi connectivity index (χ1n) is 5.29. The van der Waals surface area contributed by atoms with Crippen molar-refractivity contribution in [3.63, 3.8) is 0 Å². The lowest BCUT2D eigenvalue weighted by Crippen LogP contribution is -2.45. The van der Waals surface area contributed by atoms with Gasteiger partial charge in [0.2, 0.25) is 5.82 Å². The molecule has 0 aliphatic rings. The molecule has 94 valence electrons. The van der Waals surface area contributed by atoms with Crippen LogP contribution in [0.25, 0.3) is 0 Å². The van der Waals surface area contributed by atoms with Crippen molar-refractivity contribution in [2.45, 2.75) is 39.2 Å². The van der Waals surface area contributed by atoms with Crippen LogP contribution in [-0.4, -0.2) is 37.7 Å². The molecule has 7 heteroatoms. The Bertz CT molecular complexity index is 425. The van der Waals surface area contributed by atoms with Gasteiger partial charge in [0.1, 0.15) is 5.82 Å². The van der Waals surface area contributed by atoms with Crippen LogP contribution in [0.1, 0.15) is 43.6 Å². The molecule has 1 heterocycles. The van der Waals surface area contributed by atoms with Gasteiger partial charge in [-0.1, -0.05) is 6.92 Å². The molecule has 0 saturated heterocycles. The molecule has 17 heavy (non-hydrogen) atoms. The van der Waals surface area contributed by atoms with Crippen LogP contribution in [0, 0.1) is 0 Å². The van der Waals surface area contributed by atoms with E-state index in [0.717, 1.165) is 0 Å². The molecule has 1 amide bonds. The number of aryl methyl sites for hydroxylation is 1. The molecule has 0 aliphatic carbocycles.